The molecule has 6 nitrogen and oxygen atoms in total. The SMILES string of the molecule is COC1C(=O)Oc2cccc(C)c2C1(OC)OC(=O)C=C(C)C. The molecule has 0 aliphatic carbocycles. The maximum absolute atomic E-state index is 12.2. The van der Waals surface area contributed by atoms with Gasteiger partial charge in [0.05, 0.1) is 5.56 Å². The number of hydrogen-bond donors (Lipinski definition) is 0. The predicted octanol–water partition coefficient (Wildman–Crippen LogP) is 2.24. The number of methoxy groups -OCH3 is 2. The minimum atomic E-state index is -1.70. The topological polar surface area (TPSA) is 71.1 Å². The maximum Gasteiger partial charge on any atom is 0.348 e. The monoisotopic (exact) mass is 320 g/mol. The molecule has 124 valence electrons. The fourth-order valence-electron chi connectivity index (χ4n) is 2.64. The average Bonchev–Trinajstić information content (AvgIpc) is 2.45. The summed E-state index contributed by atoms with van der Waals surface area (Å²) in [4.78, 5) is 24.4. The number of fused-ring (bicyclic) bond motifs is 1. The van der Waals surface area contributed by atoms with Gasteiger partial charge in [-0.3, -0.25) is 0 Å². The van der Waals surface area contributed by atoms with Gasteiger partial charge in [-0.2, -0.15) is 0 Å². The van der Waals surface area contributed by atoms with Crippen molar-refractivity contribution in [2.75, 3.05) is 14.2 Å². The highest BCUT2D eigenvalue weighted by molar-refractivity contribution is 5.86. The number of esters is 2. The van der Waals surface area contributed by atoms with E-state index in [-0.39, 0.29) is 5.75 Å². The number of rotatable bonds is 4. The highest BCUT2D eigenvalue weighted by Crippen LogP contribution is 2.44. The van der Waals surface area contributed by atoms with Crippen molar-refractivity contribution in [1.29, 1.82) is 0 Å². The van der Waals surface area contributed by atoms with Crippen LogP contribution in [0.4, 0.5) is 0 Å². The number of allylic oxidation sites excluding steroid dienone is 1. The van der Waals surface area contributed by atoms with Crippen molar-refractivity contribution in [2.24, 2.45) is 0 Å². The first kappa shape index (κ1) is 17.2. The van der Waals surface area contributed by atoms with E-state index in [1.54, 1.807) is 26.0 Å². The number of hydrogen-bond acceptors (Lipinski definition) is 6. The van der Waals surface area contributed by atoms with Gasteiger partial charge in [-0.25, -0.2) is 9.59 Å². The van der Waals surface area contributed by atoms with Gasteiger partial charge in [0, 0.05) is 20.3 Å². The van der Waals surface area contributed by atoms with Crippen LogP contribution in [0.1, 0.15) is 25.0 Å². The summed E-state index contributed by atoms with van der Waals surface area (Å²) >= 11 is 0. The molecule has 0 bridgehead atoms. The zero-order chi connectivity index (χ0) is 17.2. The van der Waals surface area contributed by atoms with Gasteiger partial charge in [0.1, 0.15) is 5.75 Å². The zero-order valence-electron chi connectivity index (χ0n) is 13.8. The second-order valence-corrected chi connectivity index (χ2v) is 5.50. The Morgan fingerprint density at radius 3 is 2.57 bits per heavy atom. The van der Waals surface area contributed by atoms with E-state index in [2.05, 4.69) is 0 Å². The lowest BCUT2D eigenvalue weighted by atomic mass is 9.91. The van der Waals surface area contributed by atoms with Crippen LogP contribution in [0.25, 0.3) is 0 Å². The van der Waals surface area contributed by atoms with Crippen LogP contribution in [0.3, 0.4) is 0 Å². The van der Waals surface area contributed by atoms with E-state index in [0.717, 1.165) is 11.1 Å². The first-order valence-corrected chi connectivity index (χ1v) is 7.13. The molecule has 0 aromatic heterocycles. The number of aryl methyl sites for hydroxylation is 1. The summed E-state index contributed by atoms with van der Waals surface area (Å²) < 4.78 is 21.6. The molecule has 0 N–H and O–H groups in total. The van der Waals surface area contributed by atoms with Crippen molar-refractivity contribution in [3.05, 3.63) is 41.0 Å². The molecule has 2 unspecified atom stereocenters. The van der Waals surface area contributed by atoms with E-state index < -0.39 is 23.8 Å². The zero-order valence-corrected chi connectivity index (χ0v) is 13.8. The molecule has 1 heterocycles. The Hall–Kier alpha value is -2.18. The van der Waals surface area contributed by atoms with E-state index in [9.17, 15) is 9.59 Å². The number of benzene rings is 1. The molecule has 0 fully saturated rings. The smallest absolute Gasteiger partial charge is 0.348 e. The van der Waals surface area contributed by atoms with Gasteiger partial charge in [-0.05, 0) is 32.4 Å². The van der Waals surface area contributed by atoms with E-state index in [1.165, 1.54) is 20.3 Å². The van der Waals surface area contributed by atoms with Gasteiger partial charge in [0.25, 0.3) is 5.79 Å². The first-order valence-electron chi connectivity index (χ1n) is 7.13. The molecule has 0 amide bonds. The van der Waals surface area contributed by atoms with Gasteiger partial charge in [-0.1, -0.05) is 17.7 Å². The molecule has 0 spiro atoms. The molecule has 1 aliphatic rings. The highest BCUT2D eigenvalue weighted by Gasteiger charge is 2.56. The van der Waals surface area contributed by atoms with Crippen LogP contribution < -0.4 is 4.74 Å². The minimum absolute atomic E-state index is 0.287. The quantitative estimate of drug-likeness (QED) is 0.367. The van der Waals surface area contributed by atoms with Crippen LogP contribution in [-0.4, -0.2) is 32.3 Å². The Morgan fingerprint density at radius 2 is 2.00 bits per heavy atom. The molecule has 0 radical (unpaired) electrons. The van der Waals surface area contributed by atoms with Crippen molar-refractivity contribution in [2.45, 2.75) is 32.7 Å². The second kappa shape index (κ2) is 6.52. The lowest BCUT2D eigenvalue weighted by molar-refractivity contribution is -0.274. The van der Waals surface area contributed by atoms with Gasteiger partial charge in [0.2, 0.25) is 6.10 Å². The fraction of sp³-hybridized carbons (Fsp3) is 0.412. The van der Waals surface area contributed by atoms with Crippen LogP contribution in [0.15, 0.2) is 29.8 Å². The predicted molar refractivity (Wildman–Crippen MR) is 81.8 cm³/mol. The molecular weight excluding hydrogens is 300 g/mol. The third kappa shape index (κ3) is 3.00. The third-order valence-corrected chi connectivity index (χ3v) is 3.55. The first-order chi connectivity index (χ1) is 10.9. The highest BCUT2D eigenvalue weighted by atomic mass is 16.7. The largest absolute Gasteiger partial charge is 0.424 e. The summed E-state index contributed by atoms with van der Waals surface area (Å²) in [5, 5.41) is 0. The number of carbonyl (C=O) groups is 2. The Balaban J connectivity index is 2.63. The summed E-state index contributed by atoms with van der Waals surface area (Å²) in [5.41, 5.74) is 1.98. The Morgan fingerprint density at radius 1 is 1.30 bits per heavy atom. The summed E-state index contributed by atoms with van der Waals surface area (Å²) in [7, 11) is 2.69. The lowest BCUT2D eigenvalue weighted by Gasteiger charge is -2.40. The second-order valence-electron chi connectivity index (χ2n) is 5.50. The van der Waals surface area contributed by atoms with Crippen molar-refractivity contribution < 1.29 is 28.5 Å². The summed E-state index contributed by atoms with van der Waals surface area (Å²) in [6.45, 7) is 5.35. The van der Waals surface area contributed by atoms with E-state index in [4.69, 9.17) is 18.9 Å². The number of carbonyl (C=O) groups excluding carboxylic acids is 2. The molecule has 2 atom stereocenters. The Kier molecular flexibility index (Phi) is 4.87. The van der Waals surface area contributed by atoms with Gasteiger partial charge in [0.15, 0.2) is 0 Å². The molecular formula is C17H20O6. The summed E-state index contributed by atoms with van der Waals surface area (Å²) in [5.74, 6) is -2.72. The van der Waals surface area contributed by atoms with Crippen LogP contribution >= 0.6 is 0 Å². The minimum Gasteiger partial charge on any atom is -0.424 e. The van der Waals surface area contributed by atoms with Crippen LogP contribution in [0, 0.1) is 6.92 Å². The Labute approximate surface area is 135 Å². The molecule has 1 aliphatic heterocycles. The maximum atomic E-state index is 12.2. The van der Waals surface area contributed by atoms with Gasteiger partial charge in [-0.15, -0.1) is 0 Å². The van der Waals surface area contributed by atoms with Crippen molar-refractivity contribution >= 4 is 11.9 Å². The normalized spacial score (nSPS) is 22.8. The third-order valence-electron chi connectivity index (χ3n) is 3.55. The number of ether oxygens (including phenoxy) is 4. The van der Waals surface area contributed by atoms with Crippen molar-refractivity contribution in [3.63, 3.8) is 0 Å². The standard InChI is InChI=1S/C17H20O6/c1-10(2)9-13(18)23-17(21-5)14-11(3)7-6-8-12(14)22-16(19)15(17)20-4/h6-9,15H,1-5H3. The van der Waals surface area contributed by atoms with Gasteiger partial charge < -0.3 is 18.9 Å². The van der Waals surface area contributed by atoms with Gasteiger partial charge >= 0.3 is 11.9 Å². The molecule has 1 aromatic rings. The molecule has 6 heteroatoms. The summed E-state index contributed by atoms with van der Waals surface area (Å²) in [6, 6.07) is 5.18. The van der Waals surface area contributed by atoms with Crippen LogP contribution in [0.5, 0.6) is 5.75 Å². The summed E-state index contributed by atoms with van der Waals surface area (Å²) in [6.07, 6.45) is 0.0985. The van der Waals surface area contributed by atoms with Crippen molar-refractivity contribution in [3.8, 4) is 5.75 Å². The van der Waals surface area contributed by atoms with Crippen LogP contribution in [-0.2, 0) is 29.6 Å². The molecule has 23 heavy (non-hydrogen) atoms. The Bertz CT molecular complexity index is 659. The lowest BCUT2D eigenvalue weighted by Crippen LogP contribution is -2.55. The molecule has 0 saturated heterocycles. The van der Waals surface area contributed by atoms with E-state index in [0.29, 0.717) is 5.56 Å². The van der Waals surface area contributed by atoms with Crippen molar-refractivity contribution in [1.82, 2.24) is 0 Å². The molecule has 2 rings (SSSR count). The molecule has 0 saturated carbocycles. The van der Waals surface area contributed by atoms with Crippen LogP contribution in [0.2, 0.25) is 0 Å². The van der Waals surface area contributed by atoms with E-state index in [1.807, 2.05) is 13.0 Å². The molecule has 1 aromatic carbocycles. The average molecular weight is 320 g/mol. The fourth-order valence-corrected chi connectivity index (χ4v) is 2.64. The van der Waals surface area contributed by atoms with E-state index >= 15 is 0 Å².